The number of alkyl halides is 1. The van der Waals surface area contributed by atoms with Gasteiger partial charge < -0.3 is 4.84 Å². The Hall–Kier alpha value is -0.540. The minimum Gasteiger partial charge on any atom is -0.391 e. The number of benzene rings is 1. The molecule has 0 unspecified atom stereocenters. The van der Waals surface area contributed by atoms with Gasteiger partial charge in [0.15, 0.2) is 0 Å². The Balaban J connectivity index is 2.13. The Labute approximate surface area is 96.0 Å². The van der Waals surface area contributed by atoms with Gasteiger partial charge in [0, 0.05) is 16.8 Å². The second-order valence-corrected chi connectivity index (χ2v) is 4.21. The normalized spacial score (nSPS) is 20.4. The summed E-state index contributed by atoms with van der Waals surface area (Å²) in [6.07, 6.45) is 1.02. The largest absolute Gasteiger partial charge is 0.391 e. The highest BCUT2D eigenvalue weighted by atomic mass is 79.9. The highest BCUT2D eigenvalue weighted by Gasteiger charge is 2.20. The van der Waals surface area contributed by atoms with E-state index in [1.54, 1.807) is 0 Å². The van der Waals surface area contributed by atoms with Crippen LogP contribution in [0.3, 0.4) is 0 Å². The Morgan fingerprint density at radius 2 is 2.14 bits per heavy atom. The van der Waals surface area contributed by atoms with E-state index in [4.69, 9.17) is 16.4 Å². The number of hydrogen-bond acceptors (Lipinski definition) is 2. The first kappa shape index (κ1) is 9.99. The second-order valence-electron chi connectivity index (χ2n) is 3.13. The average Bonchev–Trinajstić information content (AvgIpc) is 2.67. The van der Waals surface area contributed by atoms with E-state index < -0.39 is 0 Å². The first-order valence-electron chi connectivity index (χ1n) is 4.34. The maximum Gasteiger partial charge on any atom is 0.142 e. The summed E-state index contributed by atoms with van der Waals surface area (Å²) in [5.74, 6) is 0. The van der Waals surface area contributed by atoms with E-state index in [9.17, 15) is 0 Å². The Morgan fingerprint density at radius 1 is 1.43 bits per heavy atom. The molecule has 14 heavy (non-hydrogen) atoms. The predicted octanol–water partition coefficient (Wildman–Crippen LogP) is 3.23. The SMILES string of the molecule is Clc1ccc(C2=NO[C@H](CBr)C2)cc1. The smallest absolute Gasteiger partial charge is 0.142 e. The zero-order valence-electron chi connectivity index (χ0n) is 7.41. The van der Waals surface area contributed by atoms with Crippen molar-refractivity contribution in [1.82, 2.24) is 0 Å². The van der Waals surface area contributed by atoms with Gasteiger partial charge in [0.1, 0.15) is 6.10 Å². The zero-order chi connectivity index (χ0) is 9.97. The van der Waals surface area contributed by atoms with Crippen LogP contribution in [0.2, 0.25) is 5.02 Å². The number of halogens is 2. The van der Waals surface area contributed by atoms with Crippen molar-refractivity contribution < 1.29 is 4.84 Å². The van der Waals surface area contributed by atoms with Crippen molar-refractivity contribution in [2.75, 3.05) is 5.33 Å². The summed E-state index contributed by atoms with van der Waals surface area (Å²) in [5.41, 5.74) is 2.07. The van der Waals surface area contributed by atoms with Crippen molar-refractivity contribution in [2.45, 2.75) is 12.5 Å². The summed E-state index contributed by atoms with van der Waals surface area (Å²) < 4.78 is 0. The molecule has 2 nitrogen and oxygen atoms in total. The zero-order valence-corrected chi connectivity index (χ0v) is 9.75. The molecule has 0 saturated carbocycles. The van der Waals surface area contributed by atoms with Crippen molar-refractivity contribution >= 4 is 33.2 Å². The maximum atomic E-state index is 5.80. The summed E-state index contributed by atoms with van der Waals surface area (Å²) in [6, 6.07) is 7.64. The highest BCUT2D eigenvalue weighted by Crippen LogP contribution is 2.19. The van der Waals surface area contributed by atoms with Crippen LogP contribution in [-0.2, 0) is 4.84 Å². The first-order chi connectivity index (χ1) is 6.79. The highest BCUT2D eigenvalue weighted by molar-refractivity contribution is 9.09. The van der Waals surface area contributed by atoms with Gasteiger partial charge in [0.25, 0.3) is 0 Å². The van der Waals surface area contributed by atoms with Crippen molar-refractivity contribution in [3.05, 3.63) is 34.9 Å². The van der Waals surface area contributed by atoms with Crippen LogP contribution in [0.15, 0.2) is 29.4 Å². The Bertz CT molecular complexity index is 350. The van der Waals surface area contributed by atoms with Crippen LogP contribution in [0.25, 0.3) is 0 Å². The molecule has 1 aromatic rings. The molecule has 0 N–H and O–H groups in total. The quantitative estimate of drug-likeness (QED) is 0.759. The lowest BCUT2D eigenvalue weighted by molar-refractivity contribution is 0.104. The third-order valence-corrected chi connectivity index (χ3v) is 3.06. The van der Waals surface area contributed by atoms with E-state index in [1.807, 2.05) is 24.3 Å². The van der Waals surface area contributed by atoms with Crippen LogP contribution < -0.4 is 0 Å². The summed E-state index contributed by atoms with van der Waals surface area (Å²) >= 11 is 9.16. The molecule has 0 aromatic heterocycles. The lowest BCUT2D eigenvalue weighted by Crippen LogP contribution is -2.09. The summed E-state index contributed by atoms with van der Waals surface area (Å²) in [6.45, 7) is 0. The molecule has 1 heterocycles. The molecule has 0 aliphatic carbocycles. The summed E-state index contributed by atoms with van der Waals surface area (Å²) in [5, 5.41) is 5.59. The van der Waals surface area contributed by atoms with Gasteiger partial charge in [-0.05, 0) is 17.7 Å². The van der Waals surface area contributed by atoms with E-state index in [0.29, 0.717) is 0 Å². The summed E-state index contributed by atoms with van der Waals surface area (Å²) in [4.78, 5) is 5.21. The molecule has 1 atom stereocenters. The van der Waals surface area contributed by atoms with E-state index in [1.165, 1.54) is 0 Å². The lowest BCUT2D eigenvalue weighted by Gasteiger charge is -2.01. The first-order valence-corrected chi connectivity index (χ1v) is 5.84. The van der Waals surface area contributed by atoms with Gasteiger partial charge in [-0.2, -0.15) is 0 Å². The molecule has 1 aromatic carbocycles. The van der Waals surface area contributed by atoms with Gasteiger partial charge in [-0.3, -0.25) is 0 Å². The minimum atomic E-state index is 0.167. The van der Waals surface area contributed by atoms with Crippen molar-refractivity contribution in [1.29, 1.82) is 0 Å². The maximum absolute atomic E-state index is 5.80. The van der Waals surface area contributed by atoms with E-state index in [-0.39, 0.29) is 6.10 Å². The van der Waals surface area contributed by atoms with Crippen LogP contribution in [0, 0.1) is 0 Å². The fraction of sp³-hybridized carbons (Fsp3) is 0.300. The molecule has 2 rings (SSSR count). The number of nitrogens with zero attached hydrogens (tertiary/aromatic N) is 1. The molecule has 1 aliphatic heterocycles. The molecule has 0 bridgehead atoms. The third kappa shape index (κ3) is 2.10. The van der Waals surface area contributed by atoms with Crippen molar-refractivity contribution in [3.63, 3.8) is 0 Å². The van der Waals surface area contributed by atoms with Crippen molar-refractivity contribution in [3.8, 4) is 0 Å². The Kier molecular flexibility index (Phi) is 3.08. The molecule has 74 valence electrons. The minimum absolute atomic E-state index is 0.167. The number of oxime groups is 1. The number of rotatable bonds is 2. The van der Waals surface area contributed by atoms with E-state index in [0.717, 1.165) is 28.0 Å². The average molecular weight is 275 g/mol. The monoisotopic (exact) mass is 273 g/mol. The van der Waals surface area contributed by atoms with Gasteiger partial charge in [-0.15, -0.1) is 0 Å². The van der Waals surface area contributed by atoms with Crippen LogP contribution in [-0.4, -0.2) is 17.1 Å². The summed E-state index contributed by atoms with van der Waals surface area (Å²) in [7, 11) is 0. The molecular formula is C10H9BrClNO. The standard InChI is InChI=1S/C10H9BrClNO/c11-6-9-5-10(13-14-9)7-1-3-8(12)4-2-7/h1-4,9H,5-6H2/t9-/m0/s1. The van der Waals surface area contributed by atoms with Crippen LogP contribution >= 0.6 is 27.5 Å². The van der Waals surface area contributed by atoms with Gasteiger partial charge in [0.05, 0.1) is 5.71 Å². The Morgan fingerprint density at radius 3 is 2.71 bits per heavy atom. The fourth-order valence-corrected chi connectivity index (χ4v) is 1.80. The van der Waals surface area contributed by atoms with Crippen LogP contribution in [0.1, 0.15) is 12.0 Å². The molecule has 0 radical (unpaired) electrons. The molecule has 4 heteroatoms. The van der Waals surface area contributed by atoms with Gasteiger partial charge in [-0.25, -0.2) is 0 Å². The topological polar surface area (TPSA) is 21.6 Å². The third-order valence-electron chi connectivity index (χ3n) is 2.08. The van der Waals surface area contributed by atoms with E-state index in [2.05, 4.69) is 21.1 Å². The van der Waals surface area contributed by atoms with Gasteiger partial charge >= 0.3 is 0 Å². The molecule has 0 amide bonds. The molecule has 1 aliphatic rings. The molecule has 0 spiro atoms. The van der Waals surface area contributed by atoms with Gasteiger partial charge in [0.2, 0.25) is 0 Å². The molecular weight excluding hydrogens is 265 g/mol. The fourth-order valence-electron chi connectivity index (χ4n) is 1.32. The molecule has 0 saturated heterocycles. The van der Waals surface area contributed by atoms with Crippen molar-refractivity contribution in [2.24, 2.45) is 5.16 Å². The van der Waals surface area contributed by atoms with Crippen LogP contribution in [0.4, 0.5) is 0 Å². The van der Waals surface area contributed by atoms with Crippen LogP contribution in [0.5, 0.6) is 0 Å². The predicted molar refractivity (Wildman–Crippen MR) is 61.3 cm³/mol. The van der Waals surface area contributed by atoms with E-state index >= 15 is 0 Å². The number of hydrogen-bond donors (Lipinski definition) is 0. The second kappa shape index (κ2) is 4.32. The molecule has 0 fully saturated rings. The lowest BCUT2D eigenvalue weighted by atomic mass is 10.1. The van der Waals surface area contributed by atoms with Gasteiger partial charge in [-0.1, -0.05) is 44.8 Å².